The number of benzene rings is 1. The van der Waals surface area contributed by atoms with Gasteiger partial charge in [0.25, 0.3) is 0 Å². The van der Waals surface area contributed by atoms with Crippen molar-refractivity contribution in [3.05, 3.63) is 30.6 Å². The van der Waals surface area contributed by atoms with Gasteiger partial charge in [0, 0.05) is 49.6 Å². The van der Waals surface area contributed by atoms with Crippen LogP contribution in [0.25, 0.3) is 11.2 Å². The summed E-state index contributed by atoms with van der Waals surface area (Å²) in [7, 11) is 0. The molecule has 0 bridgehead atoms. The van der Waals surface area contributed by atoms with Gasteiger partial charge in [0.2, 0.25) is 5.95 Å². The Morgan fingerprint density at radius 2 is 1.78 bits per heavy atom. The molecule has 9 nitrogen and oxygen atoms in total. The van der Waals surface area contributed by atoms with Gasteiger partial charge in [-0.1, -0.05) is 0 Å². The van der Waals surface area contributed by atoms with Crippen LogP contribution in [0.2, 0.25) is 0 Å². The maximum atomic E-state index is 5.43. The minimum absolute atomic E-state index is 0.500. The molecule has 1 fully saturated rings. The van der Waals surface area contributed by atoms with Crippen LogP contribution in [0.5, 0.6) is 0 Å². The fraction of sp³-hybridized carbons (Fsp3) is 0.522. The number of aromatic amines is 1. The molecule has 1 saturated heterocycles. The van der Waals surface area contributed by atoms with E-state index in [2.05, 4.69) is 92.3 Å². The molecule has 4 rings (SSSR count). The van der Waals surface area contributed by atoms with Crippen LogP contribution in [-0.2, 0) is 4.74 Å². The van der Waals surface area contributed by atoms with Crippen molar-refractivity contribution in [3.63, 3.8) is 0 Å². The molecule has 0 radical (unpaired) electrons. The summed E-state index contributed by atoms with van der Waals surface area (Å²) < 4.78 is 5.43. The first-order chi connectivity index (χ1) is 15.5. The Balaban J connectivity index is 1.41. The lowest BCUT2D eigenvalue weighted by atomic mass is 10.2. The highest BCUT2D eigenvalue weighted by atomic mass is 16.5. The Labute approximate surface area is 189 Å². The third kappa shape index (κ3) is 5.28. The number of nitrogens with zero attached hydrogens (tertiary/aromatic N) is 5. The van der Waals surface area contributed by atoms with E-state index in [0.717, 1.165) is 56.4 Å². The Morgan fingerprint density at radius 1 is 1.06 bits per heavy atom. The van der Waals surface area contributed by atoms with Crippen LogP contribution in [0.3, 0.4) is 0 Å². The number of imidazole rings is 1. The highest BCUT2D eigenvalue weighted by Crippen LogP contribution is 2.23. The van der Waals surface area contributed by atoms with Crippen LogP contribution in [0.15, 0.2) is 30.6 Å². The average molecular weight is 439 g/mol. The quantitative estimate of drug-likeness (QED) is 0.468. The number of hydrogen-bond acceptors (Lipinski definition) is 8. The Bertz CT molecular complexity index is 987. The fourth-order valence-electron chi connectivity index (χ4n) is 4.15. The van der Waals surface area contributed by atoms with Crippen LogP contribution in [-0.4, -0.2) is 76.3 Å². The van der Waals surface area contributed by atoms with Gasteiger partial charge in [0.1, 0.15) is 11.8 Å². The maximum absolute atomic E-state index is 5.43. The summed E-state index contributed by atoms with van der Waals surface area (Å²) in [4.78, 5) is 21.4. The molecule has 1 aliphatic heterocycles. The molecular formula is C23H34N8O. The van der Waals surface area contributed by atoms with E-state index in [-0.39, 0.29) is 0 Å². The van der Waals surface area contributed by atoms with E-state index in [1.807, 2.05) is 0 Å². The summed E-state index contributed by atoms with van der Waals surface area (Å²) >= 11 is 0. The van der Waals surface area contributed by atoms with Crippen molar-refractivity contribution >= 4 is 34.3 Å². The topological polar surface area (TPSA) is 94.2 Å². The van der Waals surface area contributed by atoms with Gasteiger partial charge in [0.05, 0.1) is 13.2 Å². The Kier molecular flexibility index (Phi) is 7.06. The molecular weight excluding hydrogens is 404 g/mol. The first-order valence-electron chi connectivity index (χ1n) is 11.4. The SMILES string of the molecule is CC(C)N(CCNc1ncnc2nc(Nc3ccc(N4CCOCC4)cc3)[nH]c12)C(C)C. The van der Waals surface area contributed by atoms with E-state index in [1.54, 1.807) is 6.33 Å². The molecule has 172 valence electrons. The van der Waals surface area contributed by atoms with Gasteiger partial charge in [-0.15, -0.1) is 0 Å². The van der Waals surface area contributed by atoms with Gasteiger partial charge in [-0.05, 0) is 52.0 Å². The number of morpholine rings is 1. The molecule has 0 saturated carbocycles. The lowest BCUT2D eigenvalue weighted by Crippen LogP contribution is -2.40. The number of anilines is 4. The molecule has 3 N–H and O–H groups in total. The second-order valence-electron chi connectivity index (χ2n) is 8.63. The predicted octanol–water partition coefficient (Wildman–Crippen LogP) is 3.46. The highest BCUT2D eigenvalue weighted by molar-refractivity contribution is 5.84. The van der Waals surface area contributed by atoms with Gasteiger partial charge < -0.3 is 25.3 Å². The lowest BCUT2D eigenvalue weighted by molar-refractivity contribution is 0.122. The highest BCUT2D eigenvalue weighted by Gasteiger charge is 2.15. The zero-order valence-corrected chi connectivity index (χ0v) is 19.4. The van der Waals surface area contributed by atoms with Crippen LogP contribution >= 0.6 is 0 Å². The van der Waals surface area contributed by atoms with Gasteiger partial charge in [-0.2, -0.15) is 4.98 Å². The zero-order chi connectivity index (χ0) is 22.5. The average Bonchev–Trinajstić information content (AvgIpc) is 3.20. The summed E-state index contributed by atoms with van der Waals surface area (Å²) in [5.41, 5.74) is 3.62. The van der Waals surface area contributed by atoms with E-state index in [0.29, 0.717) is 23.7 Å². The molecule has 3 heterocycles. The van der Waals surface area contributed by atoms with Crippen molar-refractivity contribution in [3.8, 4) is 0 Å². The summed E-state index contributed by atoms with van der Waals surface area (Å²) in [6, 6.07) is 9.38. The molecule has 3 aromatic rings. The molecule has 2 aromatic heterocycles. The van der Waals surface area contributed by atoms with Gasteiger partial charge in [-0.25, -0.2) is 9.97 Å². The third-order valence-electron chi connectivity index (χ3n) is 5.78. The predicted molar refractivity (Wildman–Crippen MR) is 130 cm³/mol. The molecule has 32 heavy (non-hydrogen) atoms. The standard InChI is InChI=1S/C23H34N8O/c1-16(2)31(17(3)4)10-9-24-21-20-22(26-15-25-21)29-23(28-20)27-18-5-7-19(8-6-18)30-11-13-32-14-12-30/h5-8,15-17H,9-14H2,1-4H3,(H3,24,25,26,27,28,29). The van der Waals surface area contributed by atoms with Gasteiger partial charge >= 0.3 is 0 Å². The number of fused-ring (bicyclic) bond motifs is 1. The van der Waals surface area contributed by atoms with Crippen LogP contribution < -0.4 is 15.5 Å². The largest absolute Gasteiger partial charge is 0.378 e. The fourth-order valence-corrected chi connectivity index (χ4v) is 4.15. The van der Waals surface area contributed by atoms with Crippen LogP contribution in [0, 0.1) is 0 Å². The van der Waals surface area contributed by atoms with Gasteiger partial charge in [-0.3, -0.25) is 4.90 Å². The van der Waals surface area contributed by atoms with Crippen molar-refractivity contribution in [2.45, 2.75) is 39.8 Å². The number of nitrogens with one attached hydrogen (secondary N) is 3. The van der Waals surface area contributed by atoms with Crippen molar-refractivity contribution in [1.29, 1.82) is 0 Å². The third-order valence-corrected chi connectivity index (χ3v) is 5.78. The molecule has 0 aliphatic carbocycles. The van der Waals surface area contributed by atoms with Crippen LogP contribution in [0.1, 0.15) is 27.7 Å². The number of rotatable bonds is 9. The van der Waals surface area contributed by atoms with E-state index in [4.69, 9.17) is 4.74 Å². The summed E-state index contributed by atoms with van der Waals surface area (Å²) in [5.74, 6) is 1.42. The molecule has 0 spiro atoms. The number of aromatic nitrogens is 4. The molecule has 1 aromatic carbocycles. The van der Waals surface area contributed by atoms with Crippen molar-refractivity contribution in [1.82, 2.24) is 24.8 Å². The van der Waals surface area contributed by atoms with E-state index >= 15 is 0 Å². The minimum atomic E-state index is 0.500. The zero-order valence-electron chi connectivity index (χ0n) is 19.4. The molecule has 9 heteroatoms. The molecule has 0 unspecified atom stereocenters. The second kappa shape index (κ2) is 10.1. The van der Waals surface area contributed by atoms with Crippen LogP contribution in [0.4, 0.5) is 23.1 Å². The minimum Gasteiger partial charge on any atom is -0.378 e. The molecule has 0 atom stereocenters. The van der Waals surface area contributed by atoms with Crippen molar-refractivity contribution in [2.24, 2.45) is 0 Å². The Hall–Kier alpha value is -2.91. The Morgan fingerprint density at radius 3 is 2.47 bits per heavy atom. The smallest absolute Gasteiger partial charge is 0.207 e. The monoisotopic (exact) mass is 438 g/mol. The van der Waals surface area contributed by atoms with Gasteiger partial charge in [0.15, 0.2) is 11.5 Å². The number of ether oxygens (including phenoxy) is 1. The first kappa shape index (κ1) is 22.3. The normalized spacial score (nSPS) is 14.7. The van der Waals surface area contributed by atoms with Crippen molar-refractivity contribution in [2.75, 3.05) is 54.9 Å². The first-order valence-corrected chi connectivity index (χ1v) is 11.4. The summed E-state index contributed by atoms with van der Waals surface area (Å²) in [6.45, 7) is 14.1. The molecule has 0 amide bonds. The van der Waals surface area contributed by atoms with Crippen molar-refractivity contribution < 1.29 is 4.74 Å². The number of hydrogen-bond donors (Lipinski definition) is 3. The lowest BCUT2D eigenvalue weighted by Gasteiger charge is -2.30. The van der Waals surface area contributed by atoms with E-state index < -0.39 is 0 Å². The molecule has 1 aliphatic rings. The number of H-pyrrole nitrogens is 1. The summed E-state index contributed by atoms with van der Waals surface area (Å²) in [5, 5.41) is 6.78. The second-order valence-corrected chi connectivity index (χ2v) is 8.63. The maximum Gasteiger partial charge on any atom is 0.207 e. The summed E-state index contributed by atoms with van der Waals surface area (Å²) in [6.07, 6.45) is 1.55. The van der Waals surface area contributed by atoms with E-state index in [1.165, 1.54) is 5.69 Å². The van der Waals surface area contributed by atoms with E-state index in [9.17, 15) is 0 Å².